The molecule has 0 aromatic rings. The Morgan fingerprint density at radius 1 is 1.07 bits per heavy atom. The van der Waals surface area contributed by atoms with Crippen LogP contribution in [0.5, 0.6) is 0 Å². The largest absolute Gasteiger partial charge is 0.303 e. The number of rotatable bonds is 3. The van der Waals surface area contributed by atoms with Crippen LogP contribution in [0, 0.1) is 11.3 Å². The minimum atomic E-state index is 0.828. The lowest BCUT2D eigenvalue weighted by Gasteiger charge is -2.48. The summed E-state index contributed by atoms with van der Waals surface area (Å²) in [5, 5.41) is 0. The fourth-order valence-corrected chi connectivity index (χ4v) is 2.87. The summed E-state index contributed by atoms with van der Waals surface area (Å²) in [6, 6.07) is 0. The highest BCUT2D eigenvalue weighted by Gasteiger charge is 2.39. The van der Waals surface area contributed by atoms with Crippen LogP contribution in [0.1, 0.15) is 52.4 Å². The molecule has 1 heteroatoms. The third-order valence-electron chi connectivity index (χ3n) is 4.35. The molecule has 0 amide bonds. The molecule has 0 unspecified atom stereocenters. The molecule has 0 aromatic carbocycles. The quantitative estimate of drug-likeness (QED) is 0.668. The Hall–Kier alpha value is -0.0400. The van der Waals surface area contributed by atoms with Gasteiger partial charge in [-0.05, 0) is 63.1 Å². The molecule has 1 heterocycles. The summed E-state index contributed by atoms with van der Waals surface area (Å²) in [5.74, 6) is 0.870. The first-order chi connectivity index (χ1) is 6.70. The van der Waals surface area contributed by atoms with E-state index in [0.29, 0.717) is 0 Å². The molecule has 0 bridgehead atoms. The molecule has 1 spiro atoms. The van der Waals surface area contributed by atoms with Crippen molar-refractivity contribution in [1.29, 1.82) is 0 Å². The number of hydrogen-bond acceptors (Lipinski definition) is 1. The molecule has 82 valence electrons. The van der Waals surface area contributed by atoms with E-state index in [1.807, 2.05) is 0 Å². The third kappa shape index (κ3) is 2.31. The predicted molar refractivity (Wildman–Crippen MR) is 61.4 cm³/mol. The minimum absolute atomic E-state index is 0.828. The first-order valence-electron chi connectivity index (χ1n) is 6.43. The van der Waals surface area contributed by atoms with Gasteiger partial charge in [0, 0.05) is 0 Å². The molecule has 1 saturated heterocycles. The molecular formula is C13H25N. The first-order valence-corrected chi connectivity index (χ1v) is 6.43. The smallest absolute Gasteiger partial charge is 0.00134 e. The first kappa shape index (κ1) is 10.5. The van der Waals surface area contributed by atoms with Gasteiger partial charge in [0.15, 0.2) is 0 Å². The van der Waals surface area contributed by atoms with Gasteiger partial charge in [0.05, 0.1) is 0 Å². The van der Waals surface area contributed by atoms with Crippen molar-refractivity contribution in [3.63, 3.8) is 0 Å². The average Bonchev–Trinajstić information content (AvgIpc) is 2.13. The van der Waals surface area contributed by atoms with Crippen LogP contribution in [0.15, 0.2) is 0 Å². The summed E-state index contributed by atoms with van der Waals surface area (Å²) in [4.78, 5) is 2.68. The van der Waals surface area contributed by atoms with Crippen LogP contribution in [0.25, 0.3) is 0 Å². The summed E-state index contributed by atoms with van der Waals surface area (Å²) in [5.41, 5.74) is 0.828. The Kier molecular flexibility index (Phi) is 3.16. The van der Waals surface area contributed by atoms with E-state index >= 15 is 0 Å². The van der Waals surface area contributed by atoms with E-state index in [-0.39, 0.29) is 0 Å². The summed E-state index contributed by atoms with van der Waals surface area (Å²) in [7, 11) is 0. The molecular weight excluding hydrogens is 170 g/mol. The van der Waals surface area contributed by atoms with Gasteiger partial charge in [-0.1, -0.05) is 20.3 Å². The molecule has 1 saturated carbocycles. The van der Waals surface area contributed by atoms with E-state index in [0.717, 1.165) is 11.3 Å². The molecule has 1 aliphatic carbocycles. The highest BCUT2D eigenvalue weighted by molar-refractivity contribution is 4.92. The Labute approximate surface area is 88.9 Å². The van der Waals surface area contributed by atoms with Crippen LogP contribution < -0.4 is 0 Å². The summed E-state index contributed by atoms with van der Waals surface area (Å²) in [6.45, 7) is 8.77. The van der Waals surface area contributed by atoms with Gasteiger partial charge in [-0.15, -0.1) is 0 Å². The lowest BCUT2D eigenvalue weighted by atomic mass is 9.63. The Bertz CT molecular complexity index is 172. The number of piperidine rings is 1. The molecule has 0 aromatic heterocycles. The summed E-state index contributed by atoms with van der Waals surface area (Å²) < 4.78 is 0. The van der Waals surface area contributed by atoms with Gasteiger partial charge in [0.25, 0.3) is 0 Å². The van der Waals surface area contributed by atoms with Crippen LogP contribution in [0.2, 0.25) is 0 Å². The van der Waals surface area contributed by atoms with Crippen molar-refractivity contribution in [2.45, 2.75) is 52.4 Å². The maximum Gasteiger partial charge on any atom is -0.00134 e. The molecule has 2 aliphatic rings. The van der Waals surface area contributed by atoms with Crippen molar-refractivity contribution in [3.8, 4) is 0 Å². The second-order valence-corrected chi connectivity index (χ2v) is 5.88. The van der Waals surface area contributed by atoms with Gasteiger partial charge in [0.1, 0.15) is 0 Å². The molecule has 2 rings (SSSR count). The van der Waals surface area contributed by atoms with E-state index in [9.17, 15) is 0 Å². The zero-order chi connectivity index (χ0) is 10.0. The van der Waals surface area contributed by atoms with Gasteiger partial charge in [-0.25, -0.2) is 0 Å². The highest BCUT2D eigenvalue weighted by Crippen LogP contribution is 2.48. The second kappa shape index (κ2) is 4.22. The van der Waals surface area contributed by atoms with Crippen LogP contribution in [0.3, 0.4) is 0 Å². The SMILES string of the molecule is CC(C)CCN1CCC2(CCC2)CC1. The molecule has 0 N–H and O–H groups in total. The van der Waals surface area contributed by atoms with E-state index in [4.69, 9.17) is 0 Å². The van der Waals surface area contributed by atoms with E-state index in [1.54, 1.807) is 0 Å². The Morgan fingerprint density at radius 2 is 1.71 bits per heavy atom. The maximum absolute atomic E-state index is 2.68. The van der Waals surface area contributed by atoms with Gasteiger partial charge in [0.2, 0.25) is 0 Å². The molecule has 14 heavy (non-hydrogen) atoms. The van der Waals surface area contributed by atoms with Crippen molar-refractivity contribution < 1.29 is 0 Å². The lowest BCUT2D eigenvalue weighted by molar-refractivity contribution is 0.0320. The molecule has 1 nitrogen and oxygen atoms in total. The van der Waals surface area contributed by atoms with Crippen molar-refractivity contribution in [2.24, 2.45) is 11.3 Å². The monoisotopic (exact) mass is 195 g/mol. The normalized spacial score (nSPS) is 26.8. The van der Waals surface area contributed by atoms with Crippen LogP contribution in [0.4, 0.5) is 0 Å². The van der Waals surface area contributed by atoms with Gasteiger partial charge < -0.3 is 4.90 Å². The van der Waals surface area contributed by atoms with E-state index in [2.05, 4.69) is 18.7 Å². The van der Waals surface area contributed by atoms with Crippen LogP contribution in [-0.4, -0.2) is 24.5 Å². The van der Waals surface area contributed by atoms with Gasteiger partial charge in [-0.2, -0.15) is 0 Å². The standard InChI is InChI=1S/C13H25N/c1-12(2)4-9-14-10-7-13(8-11-14)5-3-6-13/h12H,3-11H2,1-2H3. The number of hydrogen-bond donors (Lipinski definition) is 0. The fraction of sp³-hybridized carbons (Fsp3) is 1.00. The number of likely N-dealkylation sites (tertiary alicyclic amines) is 1. The van der Waals surface area contributed by atoms with Crippen molar-refractivity contribution >= 4 is 0 Å². The Balaban J connectivity index is 1.68. The molecule has 2 fully saturated rings. The fourth-order valence-electron chi connectivity index (χ4n) is 2.87. The molecule has 0 radical (unpaired) electrons. The van der Waals surface area contributed by atoms with Crippen LogP contribution >= 0.6 is 0 Å². The Morgan fingerprint density at radius 3 is 2.14 bits per heavy atom. The lowest BCUT2D eigenvalue weighted by Crippen LogP contribution is -2.43. The topological polar surface area (TPSA) is 3.24 Å². The van der Waals surface area contributed by atoms with Crippen molar-refractivity contribution in [2.75, 3.05) is 19.6 Å². The van der Waals surface area contributed by atoms with E-state index < -0.39 is 0 Å². The second-order valence-electron chi connectivity index (χ2n) is 5.88. The van der Waals surface area contributed by atoms with Crippen LogP contribution in [-0.2, 0) is 0 Å². The molecule has 0 atom stereocenters. The minimum Gasteiger partial charge on any atom is -0.303 e. The predicted octanol–water partition coefficient (Wildman–Crippen LogP) is 3.30. The number of nitrogens with zero attached hydrogens (tertiary/aromatic N) is 1. The van der Waals surface area contributed by atoms with Gasteiger partial charge >= 0.3 is 0 Å². The average molecular weight is 195 g/mol. The highest BCUT2D eigenvalue weighted by atomic mass is 15.1. The molecule has 1 aliphatic heterocycles. The van der Waals surface area contributed by atoms with Crippen molar-refractivity contribution in [3.05, 3.63) is 0 Å². The zero-order valence-corrected chi connectivity index (χ0v) is 9.89. The maximum atomic E-state index is 2.68. The van der Waals surface area contributed by atoms with Gasteiger partial charge in [-0.3, -0.25) is 0 Å². The summed E-state index contributed by atoms with van der Waals surface area (Å²) >= 11 is 0. The van der Waals surface area contributed by atoms with Crippen molar-refractivity contribution in [1.82, 2.24) is 4.90 Å². The third-order valence-corrected chi connectivity index (χ3v) is 4.35. The summed E-state index contributed by atoms with van der Waals surface area (Å²) in [6.07, 6.45) is 8.94. The van der Waals surface area contributed by atoms with E-state index in [1.165, 1.54) is 58.2 Å². The zero-order valence-electron chi connectivity index (χ0n) is 9.89.